The highest BCUT2D eigenvalue weighted by Crippen LogP contribution is 2.26. The summed E-state index contributed by atoms with van der Waals surface area (Å²) in [6.07, 6.45) is -3.37. The van der Waals surface area contributed by atoms with E-state index in [4.69, 9.17) is 0 Å². The van der Waals surface area contributed by atoms with Crippen LogP contribution in [0.25, 0.3) is 11.1 Å². The van der Waals surface area contributed by atoms with Gasteiger partial charge in [-0.3, -0.25) is 4.79 Å². The molecule has 0 bridgehead atoms. The van der Waals surface area contributed by atoms with Crippen LogP contribution in [-0.2, 0) is 6.61 Å². The third-order valence-electron chi connectivity index (χ3n) is 2.59. The van der Waals surface area contributed by atoms with Gasteiger partial charge in [0.1, 0.15) is 5.75 Å². The molecule has 0 unspecified atom stereocenters. The zero-order valence-electron chi connectivity index (χ0n) is 10.1. The van der Waals surface area contributed by atoms with Gasteiger partial charge in [-0.05, 0) is 29.3 Å². The van der Waals surface area contributed by atoms with Crippen LogP contribution in [0.2, 0.25) is 0 Å². The maximum Gasteiger partial charge on any atom is 0.573 e. The van der Waals surface area contributed by atoms with Crippen LogP contribution in [0, 0.1) is 0 Å². The number of nitrogens with one attached hydrogen (secondary N) is 1. The number of alkyl halides is 3. The summed E-state index contributed by atoms with van der Waals surface area (Å²) >= 11 is 0. The maximum absolute atomic E-state index is 12.0. The molecule has 0 spiro atoms. The summed E-state index contributed by atoms with van der Waals surface area (Å²) in [6, 6.07) is 6.39. The third kappa shape index (κ3) is 3.18. The molecule has 2 rings (SSSR count). The van der Waals surface area contributed by atoms with E-state index in [0.29, 0.717) is 11.1 Å². The van der Waals surface area contributed by atoms with Gasteiger partial charge in [-0.2, -0.15) is 0 Å². The molecular weight excluding hydrogens is 275 g/mol. The van der Waals surface area contributed by atoms with E-state index in [1.54, 1.807) is 0 Å². The molecule has 1 aromatic carbocycles. The first-order chi connectivity index (χ1) is 9.40. The first-order valence-electron chi connectivity index (χ1n) is 5.58. The van der Waals surface area contributed by atoms with Crippen LogP contribution in [0.15, 0.2) is 41.3 Å². The Morgan fingerprint density at radius 2 is 1.80 bits per heavy atom. The van der Waals surface area contributed by atoms with Crippen molar-refractivity contribution in [1.29, 1.82) is 0 Å². The largest absolute Gasteiger partial charge is 0.573 e. The molecule has 0 saturated heterocycles. The number of aromatic nitrogens is 1. The van der Waals surface area contributed by atoms with Crippen molar-refractivity contribution in [2.75, 3.05) is 0 Å². The highest BCUT2D eigenvalue weighted by Gasteiger charge is 2.31. The van der Waals surface area contributed by atoms with E-state index in [2.05, 4.69) is 9.72 Å². The number of aliphatic hydroxyl groups is 1. The van der Waals surface area contributed by atoms with Crippen molar-refractivity contribution in [3.63, 3.8) is 0 Å². The Morgan fingerprint density at radius 3 is 2.35 bits per heavy atom. The lowest BCUT2D eigenvalue weighted by atomic mass is 10.0. The van der Waals surface area contributed by atoms with Crippen molar-refractivity contribution < 1.29 is 23.0 Å². The molecule has 0 aliphatic heterocycles. The molecule has 0 aliphatic carbocycles. The molecule has 2 aromatic rings. The number of ether oxygens (including phenoxy) is 1. The van der Waals surface area contributed by atoms with Gasteiger partial charge < -0.3 is 14.8 Å². The molecule has 0 saturated carbocycles. The number of pyridine rings is 1. The molecule has 20 heavy (non-hydrogen) atoms. The standard InChI is InChI=1S/C13H10F3NO3/c14-13(15,16)20-10-3-1-8(2-4-10)11-9(7-18)5-6-17-12(11)19/h1-6,18H,7H2,(H,17,19). The summed E-state index contributed by atoms with van der Waals surface area (Å²) < 4.78 is 39.9. The topological polar surface area (TPSA) is 62.3 Å². The first-order valence-corrected chi connectivity index (χ1v) is 5.58. The molecular formula is C13H10F3NO3. The summed E-state index contributed by atoms with van der Waals surface area (Å²) in [6.45, 7) is -0.347. The Hall–Kier alpha value is -2.28. The molecule has 0 atom stereocenters. The Bertz CT molecular complexity index is 647. The number of aromatic amines is 1. The van der Waals surface area contributed by atoms with Gasteiger partial charge in [0.25, 0.3) is 5.56 Å². The number of rotatable bonds is 3. The second-order valence-corrected chi connectivity index (χ2v) is 3.94. The first kappa shape index (κ1) is 14.1. The van der Waals surface area contributed by atoms with Gasteiger partial charge in [-0.1, -0.05) is 12.1 Å². The third-order valence-corrected chi connectivity index (χ3v) is 2.59. The predicted octanol–water partition coefficient (Wildman–Crippen LogP) is 2.43. The van der Waals surface area contributed by atoms with E-state index >= 15 is 0 Å². The van der Waals surface area contributed by atoms with Crippen LogP contribution in [-0.4, -0.2) is 16.5 Å². The van der Waals surface area contributed by atoms with E-state index in [1.165, 1.54) is 24.4 Å². The molecule has 4 nitrogen and oxygen atoms in total. The summed E-state index contributed by atoms with van der Waals surface area (Å²) in [7, 11) is 0. The van der Waals surface area contributed by atoms with E-state index in [1.807, 2.05) is 0 Å². The predicted molar refractivity (Wildman–Crippen MR) is 65.1 cm³/mol. The molecule has 2 N–H and O–H groups in total. The van der Waals surface area contributed by atoms with Gasteiger partial charge >= 0.3 is 6.36 Å². The van der Waals surface area contributed by atoms with Crippen molar-refractivity contribution in [3.8, 4) is 16.9 Å². The molecule has 0 fully saturated rings. The number of halogens is 3. The van der Waals surface area contributed by atoms with Crippen LogP contribution in [0.3, 0.4) is 0 Å². The molecule has 1 heterocycles. The highest BCUT2D eigenvalue weighted by atomic mass is 19.4. The normalized spacial score (nSPS) is 11.4. The van der Waals surface area contributed by atoms with Crippen LogP contribution >= 0.6 is 0 Å². The van der Waals surface area contributed by atoms with Crippen LogP contribution in [0.5, 0.6) is 5.75 Å². The van der Waals surface area contributed by atoms with Crippen LogP contribution < -0.4 is 10.3 Å². The number of benzene rings is 1. The SMILES string of the molecule is O=c1[nH]ccc(CO)c1-c1ccc(OC(F)(F)F)cc1. The summed E-state index contributed by atoms with van der Waals surface area (Å²) in [5, 5.41) is 9.19. The lowest BCUT2D eigenvalue weighted by Gasteiger charge is -2.10. The van der Waals surface area contributed by atoms with Gasteiger partial charge in [0.15, 0.2) is 0 Å². The van der Waals surface area contributed by atoms with E-state index < -0.39 is 11.9 Å². The number of hydrogen-bond acceptors (Lipinski definition) is 3. The van der Waals surface area contributed by atoms with E-state index in [0.717, 1.165) is 12.1 Å². The average molecular weight is 285 g/mol. The zero-order valence-corrected chi connectivity index (χ0v) is 10.1. The lowest BCUT2D eigenvalue weighted by Crippen LogP contribution is -2.17. The molecule has 0 aliphatic rings. The van der Waals surface area contributed by atoms with Gasteiger partial charge in [-0.15, -0.1) is 13.2 Å². The minimum Gasteiger partial charge on any atom is -0.406 e. The highest BCUT2D eigenvalue weighted by molar-refractivity contribution is 5.66. The fourth-order valence-corrected chi connectivity index (χ4v) is 1.79. The quantitative estimate of drug-likeness (QED) is 0.910. The summed E-state index contributed by atoms with van der Waals surface area (Å²) in [5.41, 5.74) is 0.568. The van der Waals surface area contributed by atoms with Crippen molar-refractivity contribution in [1.82, 2.24) is 4.98 Å². The monoisotopic (exact) mass is 285 g/mol. The summed E-state index contributed by atoms with van der Waals surface area (Å²) in [4.78, 5) is 14.2. The Labute approximate surface area is 111 Å². The Kier molecular flexibility index (Phi) is 3.80. The number of H-pyrrole nitrogens is 1. The van der Waals surface area contributed by atoms with E-state index in [-0.39, 0.29) is 17.9 Å². The van der Waals surface area contributed by atoms with Crippen LogP contribution in [0.1, 0.15) is 5.56 Å². The maximum atomic E-state index is 12.0. The molecule has 0 radical (unpaired) electrons. The Morgan fingerprint density at radius 1 is 1.15 bits per heavy atom. The summed E-state index contributed by atoms with van der Waals surface area (Å²) in [5.74, 6) is -0.376. The fraction of sp³-hybridized carbons (Fsp3) is 0.154. The minimum atomic E-state index is -4.76. The minimum absolute atomic E-state index is 0.216. The van der Waals surface area contributed by atoms with Gasteiger partial charge in [0.2, 0.25) is 0 Å². The number of hydrogen-bond donors (Lipinski definition) is 2. The lowest BCUT2D eigenvalue weighted by molar-refractivity contribution is -0.274. The van der Waals surface area contributed by atoms with Crippen molar-refractivity contribution in [2.45, 2.75) is 13.0 Å². The fourth-order valence-electron chi connectivity index (χ4n) is 1.79. The van der Waals surface area contributed by atoms with Gasteiger partial charge in [0, 0.05) is 6.20 Å². The van der Waals surface area contributed by atoms with Crippen LogP contribution in [0.4, 0.5) is 13.2 Å². The molecule has 106 valence electrons. The molecule has 7 heteroatoms. The second-order valence-electron chi connectivity index (χ2n) is 3.94. The van der Waals surface area contributed by atoms with Gasteiger partial charge in [0.05, 0.1) is 12.2 Å². The van der Waals surface area contributed by atoms with E-state index in [9.17, 15) is 23.1 Å². The molecule has 0 amide bonds. The molecule has 1 aromatic heterocycles. The number of aliphatic hydroxyl groups excluding tert-OH is 1. The smallest absolute Gasteiger partial charge is 0.406 e. The van der Waals surface area contributed by atoms with Crippen molar-refractivity contribution >= 4 is 0 Å². The second kappa shape index (κ2) is 5.38. The zero-order chi connectivity index (χ0) is 14.8. The average Bonchev–Trinajstić information content (AvgIpc) is 2.38. The van der Waals surface area contributed by atoms with Crippen molar-refractivity contribution in [3.05, 3.63) is 52.4 Å². The van der Waals surface area contributed by atoms with Crippen molar-refractivity contribution in [2.24, 2.45) is 0 Å². The van der Waals surface area contributed by atoms with Gasteiger partial charge in [-0.25, -0.2) is 0 Å². The Balaban J connectivity index is 2.38.